The largest absolute Gasteiger partial charge is 0.478 e. The molecular weight excluding hydrogens is 229 g/mol. The minimum atomic E-state index is -0.979. The maximum Gasteiger partial charge on any atom is 0.338 e. The van der Waals surface area contributed by atoms with Crippen LogP contribution in [0.2, 0.25) is 0 Å². The molecule has 0 radical (unpaired) electrons. The van der Waals surface area contributed by atoms with Crippen molar-refractivity contribution in [3.05, 3.63) is 22.9 Å². The van der Waals surface area contributed by atoms with Crippen LogP contribution in [0, 0.1) is 13.8 Å². The Hall–Kier alpha value is -1.10. The lowest BCUT2D eigenvalue weighted by Gasteiger charge is -2.08. The highest BCUT2D eigenvalue weighted by Crippen LogP contribution is 2.24. The summed E-state index contributed by atoms with van der Waals surface area (Å²) >= 11 is 1.30. The van der Waals surface area contributed by atoms with E-state index in [1.54, 1.807) is 13.0 Å². The van der Waals surface area contributed by atoms with Crippen LogP contribution in [-0.2, 0) is 0 Å². The van der Waals surface area contributed by atoms with E-state index in [1.807, 2.05) is 6.92 Å². The summed E-state index contributed by atoms with van der Waals surface area (Å²) in [5.74, 6) is -0.431. The van der Waals surface area contributed by atoms with Gasteiger partial charge in [-0.2, -0.15) is 0 Å². The van der Waals surface area contributed by atoms with Crippen LogP contribution in [0.1, 0.15) is 28.0 Å². The van der Waals surface area contributed by atoms with Crippen molar-refractivity contribution in [2.45, 2.75) is 25.3 Å². The molecule has 1 aromatic heterocycles. The molecule has 0 aliphatic rings. The van der Waals surface area contributed by atoms with Gasteiger partial charge in [0.2, 0.25) is 0 Å². The number of pyridine rings is 1. The second kappa shape index (κ2) is 5.84. The summed E-state index contributed by atoms with van der Waals surface area (Å²) in [7, 11) is 0. The molecule has 1 aromatic rings. The van der Waals surface area contributed by atoms with Crippen molar-refractivity contribution in [2.75, 3.05) is 12.4 Å². The highest BCUT2D eigenvalue weighted by molar-refractivity contribution is 7.99. The first-order valence-corrected chi connectivity index (χ1v) is 5.95. The summed E-state index contributed by atoms with van der Waals surface area (Å²) < 4.78 is 12.0. The van der Waals surface area contributed by atoms with E-state index < -0.39 is 5.97 Å². The molecule has 0 bridgehead atoms. The molecule has 0 aliphatic heterocycles. The number of alkyl halides is 1. The molecule has 5 heteroatoms. The third-order valence-electron chi connectivity index (χ3n) is 2.04. The summed E-state index contributed by atoms with van der Waals surface area (Å²) in [5, 5.41) is 9.55. The average Bonchev–Trinajstić information content (AvgIpc) is 2.16. The molecule has 16 heavy (non-hydrogen) atoms. The van der Waals surface area contributed by atoms with Crippen molar-refractivity contribution in [3.63, 3.8) is 0 Å². The van der Waals surface area contributed by atoms with Gasteiger partial charge in [-0.3, -0.25) is 4.39 Å². The summed E-state index contributed by atoms with van der Waals surface area (Å²) in [5.41, 5.74) is 1.71. The molecule has 0 amide bonds. The first-order valence-electron chi connectivity index (χ1n) is 4.96. The molecule has 0 aromatic carbocycles. The second-order valence-electron chi connectivity index (χ2n) is 3.46. The summed E-state index contributed by atoms with van der Waals surface area (Å²) in [6.45, 7) is 3.18. The maximum atomic E-state index is 12.0. The zero-order valence-corrected chi connectivity index (χ0v) is 10.1. The Morgan fingerprint density at radius 1 is 1.56 bits per heavy atom. The topological polar surface area (TPSA) is 50.2 Å². The smallest absolute Gasteiger partial charge is 0.338 e. The summed E-state index contributed by atoms with van der Waals surface area (Å²) in [4.78, 5) is 15.2. The number of rotatable bonds is 5. The summed E-state index contributed by atoms with van der Waals surface area (Å²) in [6, 6.07) is 1.74. The fourth-order valence-corrected chi connectivity index (χ4v) is 2.44. The van der Waals surface area contributed by atoms with Gasteiger partial charge in [0.15, 0.2) is 0 Å². The number of halogens is 1. The first-order chi connectivity index (χ1) is 7.56. The molecule has 1 rings (SSSR count). The van der Waals surface area contributed by atoms with Crippen LogP contribution >= 0.6 is 11.8 Å². The van der Waals surface area contributed by atoms with Crippen LogP contribution in [0.15, 0.2) is 11.1 Å². The predicted molar refractivity (Wildman–Crippen MR) is 62.0 cm³/mol. The number of hydrogen-bond acceptors (Lipinski definition) is 3. The minimum absolute atomic E-state index is 0.231. The van der Waals surface area contributed by atoms with E-state index in [9.17, 15) is 9.18 Å². The van der Waals surface area contributed by atoms with Crippen LogP contribution in [0.25, 0.3) is 0 Å². The minimum Gasteiger partial charge on any atom is -0.478 e. The number of aromatic nitrogens is 1. The van der Waals surface area contributed by atoms with Gasteiger partial charge in [-0.15, -0.1) is 11.8 Å². The zero-order valence-electron chi connectivity index (χ0n) is 9.29. The molecule has 1 heterocycles. The van der Waals surface area contributed by atoms with Gasteiger partial charge in [0.25, 0.3) is 0 Å². The number of carboxylic acid groups (broad SMARTS) is 1. The molecule has 0 saturated heterocycles. The van der Waals surface area contributed by atoms with E-state index in [0.29, 0.717) is 22.8 Å². The highest BCUT2D eigenvalue weighted by atomic mass is 32.2. The third kappa shape index (κ3) is 3.20. The summed E-state index contributed by atoms with van der Waals surface area (Å²) in [6.07, 6.45) is 0.415. The van der Waals surface area contributed by atoms with E-state index >= 15 is 0 Å². The van der Waals surface area contributed by atoms with E-state index in [1.165, 1.54) is 11.8 Å². The number of nitrogens with zero attached hydrogens (tertiary/aromatic N) is 1. The lowest BCUT2D eigenvalue weighted by atomic mass is 10.1. The number of thioether (sulfide) groups is 1. The van der Waals surface area contributed by atoms with Gasteiger partial charge in [0, 0.05) is 11.4 Å². The van der Waals surface area contributed by atoms with Gasteiger partial charge in [-0.1, -0.05) is 0 Å². The maximum absolute atomic E-state index is 12.0. The zero-order chi connectivity index (χ0) is 12.1. The van der Waals surface area contributed by atoms with E-state index in [2.05, 4.69) is 4.98 Å². The quantitative estimate of drug-likeness (QED) is 0.638. The molecule has 0 saturated carbocycles. The Morgan fingerprint density at radius 3 is 2.81 bits per heavy atom. The molecule has 0 spiro atoms. The Labute approximate surface area is 98.1 Å². The first kappa shape index (κ1) is 13.0. The van der Waals surface area contributed by atoms with Crippen molar-refractivity contribution in [1.29, 1.82) is 0 Å². The monoisotopic (exact) mass is 243 g/mol. The molecule has 0 aliphatic carbocycles. The Bertz CT molecular complexity index is 396. The predicted octanol–water partition coefficient (Wildman–Crippen LogP) is 2.85. The lowest BCUT2D eigenvalue weighted by Crippen LogP contribution is -2.05. The number of aromatic carboxylic acids is 1. The van der Waals surface area contributed by atoms with E-state index in [0.717, 1.165) is 5.69 Å². The van der Waals surface area contributed by atoms with Crippen molar-refractivity contribution in [2.24, 2.45) is 0 Å². The Morgan fingerprint density at radius 2 is 2.25 bits per heavy atom. The van der Waals surface area contributed by atoms with Gasteiger partial charge >= 0.3 is 5.97 Å². The van der Waals surface area contributed by atoms with Crippen LogP contribution in [0.4, 0.5) is 4.39 Å². The van der Waals surface area contributed by atoms with Crippen LogP contribution in [0.5, 0.6) is 0 Å². The Balaban J connectivity index is 2.99. The SMILES string of the molecule is Cc1cc(C)c(C(=O)O)c(SCCCF)n1. The molecular formula is C11H14FNO2S. The highest BCUT2D eigenvalue weighted by Gasteiger charge is 2.15. The molecule has 1 N–H and O–H groups in total. The number of carbonyl (C=O) groups is 1. The third-order valence-corrected chi connectivity index (χ3v) is 3.10. The standard InChI is InChI=1S/C11H14FNO2S/c1-7-6-8(2)13-10(9(7)11(14)15)16-5-3-4-12/h6H,3-5H2,1-2H3,(H,14,15). The fraction of sp³-hybridized carbons (Fsp3) is 0.455. The van der Waals surface area contributed by atoms with Gasteiger partial charge in [-0.25, -0.2) is 9.78 Å². The normalized spacial score (nSPS) is 10.4. The lowest BCUT2D eigenvalue weighted by molar-refractivity contribution is 0.0691. The molecule has 0 fully saturated rings. The Kier molecular flexibility index (Phi) is 4.73. The number of carboxylic acids is 1. The van der Waals surface area contributed by atoms with Gasteiger partial charge in [0.05, 0.1) is 12.2 Å². The van der Waals surface area contributed by atoms with Gasteiger partial charge in [0.1, 0.15) is 5.03 Å². The van der Waals surface area contributed by atoms with E-state index in [-0.39, 0.29) is 12.2 Å². The number of hydrogen-bond donors (Lipinski definition) is 1. The van der Waals surface area contributed by atoms with Crippen molar-refractivity contribution in [1.82, 2.24) is 4.98 Å². The number of aryl methyl sites for hydroxylation is 2. The molecule has 0 unspecified atom stereocenters. The van der Waals surface area contributed by atoms with Crippen LogP contribution in [0.3, 0.4) is 0 Å². The van der Waals surface area contributed by atoms with Crippen molar-refractivity contribution < 1.29 is 14.3 Å². The second-order valence-corrected chi connectivity index (χ2v) is 4.54. The van der Waals surface area contributed by atoms with Crippen molar-refractivity contribution in [3.8, 4) is 0 Å². The van der Waals surface area contributed by atoms with Crippen LogP contribution in [-0.4, -0.2) is 28.5 Å². The van der Waals surface area contributed by atoms with E-state index in [4.69, 9.17) is 5.11 Å². The van der Waals surface area contributed by atoms with Gasteiger partial charge in [-0.05, 0) is 31.9 Å². The van der Waals surface area contributed by atoms with Crippen LogP contribution < -0.4 is 0 Å². The molecule has 3 nitrogen and oxygen atoms in total. The van der Waals surface area contributed by atoms with Crippen molar-refractivity contribution >= 4 is 17.7 Å². The molecule has 0 atom stereocenters. The van der Waals surface area contributed by atoms with Gasteiger partial charge < -0.3 is 5.11 Å². The molecule has 88 valence electrons. The fourth-order valence-electron chi connectivity index (χ4n) is 1.39. The average molecular weight is 243 g/mol.